The van der Waals surface area contributed by atoms with Gasteiger partial charge in [0, 0.05) is 4.47 Å². The minimum atomic E-state index is -0.990. The molecule has 0 aromatic heterocycles. The maximum atomic E-state index is 11.0. The van der Waals surface area contributed by atoms with E-state index >= 15 is 0 Å². The van der Waals surface area contributed by atoms with Gasteiger partial charge in [-0.1, -0.05) is 15.9 Å². The molecule has 1 N–H and O–H groups in total. The number of carboxylic acid groups (broad SMARTS) is 1. The van der Waals surface area contributed by atoms with Gasteiger partial charge in [-0.05, 0) is 39.0 Å². The fourth-order valence-electron chi connectivity index (χ4n) is 1.09. The Bertz CT molecular complexity index is 380. The smallest absolute Gasteiger partial charge is 0.339 e. The second kappa shape index (κ2) is 4.23. The van der Waals surface area contributed by atoms with Crippen LogP contribution < -0.4 is 4.74 Å². The largest absolute Gasteiger partial charge is 0.487 e. The van der Waals surface area contributed by atoms with Crippen molar-refractivity contribution in [2.45, 2.75) is 26.4 Å². The minimum Gasteiger partial charge on any atom is -0.487 e. The summed E-state index contributed by atoms with van der Waals surface area (Å²) in [7, 11) is 0. The van der Waals surface area contributed by atoms with E-state index in [-0.39, 0.29) is 5.56 Å². The van der Waals surface area contributed by atoms with Gasteiger partial charge in [-0.2, -0.15) is 0 Å². The van der Waals surface area contributed by atoms with Crippen LogP contribution in [0.3, 0.4) is 0 Å². The Morgan fingerprint density at radius 3 is 2.47 bits per heavy atom. The van der Waals surface area contributed by atoms with Crippen molar-refractivity contribution < 1.29 is 14.6 Å². The molecular formula is C11H13BrO3. The number of carboxylic acids is 1. The van der Waals surface area contributed by atoms with Crippen molar-refractivity contribution in [2.24, 2.45) is 0 Å². The topological polar surface area (TPSA) is 46.5 Å². The lowest BCUT2D eigenvalue weighted by Gasteiger charge is -2.22. The molecule has 82 valence electrons. The normalized spacial score (nSPS) is 11.2. The zero-order valence-electron chi connectivity index (χ0n) is 8.87. The molecule has 1 rings (SSSR count). The van der Waals surface area contributed by atoms with Gasteiger partial charge in [0.15, 0.2) is 0 Å². The number of carbonyl (C=O) groups is 1. The molecule has 15 heavy (non-hydrogen) atoms. The monoisotopic (exact) mass is 272 g/mol. The molecule has 0 saturated heterocycles. The van der Waals surface area contributed by atoms with E-state index in [0.29, 0.717) is 5.75 Å². The Balaban J connectivity index is 3.12. The van der Waals surface area contributed by atoms with Crippen LogP contribution in [0.2, 0.25) is 0 Å². The molecule has 0 heterocycles. The lowest BCUT2D eigenvalue weighted by atomic mass is 10.1. The molecule has 0 aliphatic heterocycles. The minimum absolute atomic E-state index is 0.166. The van der Waals surface area contributed by atoms with Crippen molar-refractivity contribution in [1.29, 1.82) is 0 Å². The summed E-state index contributed by atoms with van der Waals surface area (Å²) in [6, 6.07) is 4.94. The van der Waals surface area contributed by atoms with Gasteiger partial charge in [0.1, 0.15) is 16.9 Å². The third-order valence-corrected chi connectivity index (χ3v) is 2.08. The Kier molecular flexibility index (Phi) is 3.39. The second-order valence-corrected chi connectivity index (χ2v) is 5.08. The third-order valence-electron chi connectivity index (χ3n) is 1.59. The summed E-state index contributed by atoms with van der Waals surface area (Å²) >= 11 is 3.23. The number of aromatic carboxylic acids is 1. The van der Waals surface area contributed by atoms with Crippen LogP contribution in [0, 0.1) is 0 Å². The molecule has 0 aliphatic rings. The standard InChI is InChI=1S/C11H13BrO3/c1-11(2,3)15-9-5-4-7(12)6-8(9)10(13)14/h4-6H,1-3H3,(H,13,14). The highest BCUT2D eigenvalue weighted by Gasteiger charge is 2.18. The van der Waals surface area contributed by atoms with Crippen molar-refractivity contribution in [3.63, 3.8) is 0 Å². The van der Waals surface area contributed by atoms with Crippen LogP contribution in [-0.2, 0) is 0 Å². The number of hydrogen-bond donors (Lipinski definition) is 1. The molecule has 1 aromatic carbocycles. The molecular weight excluding hydrogens is 260 g/mol. The molecule has 0 radical (unpaired) electrons. The van der Waals surface area contributed by atoms with E-state index in [4.69, 9.17) is 9.84 Å². The molecule has 0 amide bonds. The lowest BCUT2D eigenvalue weighted by molar-refractivity contribution is 0.0681. The van der Waals surface area contributed by atoms with Crippen molar-refractivity contribution >= 4 is 21.9 Å². The van der Waals surface area contributed by atoms with Crippen LogP contribution in [-0.4, -0.2) is 16.7 Å². The van der Waals surface area contributed by atoms with E-state index in [1.54, 1.807) is 12.1 Å². The van der Waals surface area contributed by atoms with Crippen LogP contribution in [0.15, 0.2) is 22.7 Å². The van der Waals surface area contributed by atoms with E-state index in [2.05, 4.69) is 15.9 Å². The van der Waals surface area contributed by atoms with Gasteiger partial charge in [0.05, 0.1) is 0 Å². The van der Waals surface area contributed by atoms with E-state index in [0.717, 1.165) is 4.47 Å². The zero-order chi connectivity index (χ0) is 11.6. The van der Waals surface area contributed by atoms with Gasteiger partial charge in [-0.15, -0.1) is 0 Å². The van der Waals surface area contributed by atoms with Gasteiger partial charge in [0.2, 0.25) is 0 Å². The first-order chi connectivity index (χ1) is 6.79. The fraction of sp³-hybridized carbons (Fsp3) is 0.364. The molecule has 0 bridgehead atoms. The predicted octanol–water partition coefficient (Wildman–Crippen LogP) is 3.32. The fourth-order valence-corrected chi connectivity index (χ4v) is 1.45. The highest BCUT2D eigenvalue weighted by Crippen LogP contribution is 2.26. The van der Waals surface area contributed by atoms with Gasteiger partial charge in [-0.25, -0.2) is 4.79 Å². The van der Waals surface area contributed by atoms with Crippen molar-refractivity contribution in [2.75, 3.05) is 0 Å². The molecule has 4 heteroatoms. The summed E-state index contributed by atoms with van der Waals surface area (Å²) in [5.41, 5.74) is -0.239. The average Bonchev–Trinajstić information content (AvgIpc) is 2.05. The summed E-state index contributed by atoms with van der Waals surface area (Å²) in [6.07, 6.45) is 0. The van der Waals surface area contributed by atoms with E-state index in [9.17, 15) is 4.79 Å². The van der Waals surface area contributed by atoms with Crippen LogP contribution in [0.1, 0.15) is 31.1 Å². The van der Waals surface area contributed by atoms with Crippen LogP contribution in [0.5, 0.6) is 5.75 Å². The summed E-state index contributed by atoms with van der Waals surface area (Å²) in [5.74, 6) is -0.603. The van der Waals surface area contributed by atoms with Gasteiger partial charge in [-0.3, -0.25) is 0 Å². The zero-order valence-corrected chi connectivity index (χ0v) is 10.5. The van der Waals surface area contributed by atoms with Gasteiger partial charge >= 0.3 is 5.97 Å². The molecule has 0 unspecified atom stereocenters. The molecule has 3 nitrogen and oxygen atoms in total. The molecule has 0 atom stereocenters. The van der Waals surface area contributed by atoms with E-state index in [1.165, 1.54) is 6.07 Å². The Labute approximate surface area is 97.2 Å². The first kappa shape index (κ1) is 12.0. The van der Waals surface area contributed by atoms with Crippen molar-refractivity contribution in [1.82, 2.24) is 0 Å². The van der Waals surface area contributed by atoms with Crippen molar-refractivity contribution in [3.05, 3.63) is 28.2 Å². The molecule has 0 aliphatic carbocycles. The number of ether oxygens (including phenoxy) is 1. The number of hydrogen-bond acceptors (Lipinski definition) is 2. The maximum Gasteiger partial charge on any atom is 0.339 e. The molecule has 0 fully saturated rings. The molecule has 0 spiro atoms. The number of benzene rings is 1. The van der Waals surface area contributed by atoms with Crippen LogP contribution in [0.4, 0.5) is 0 Å². The first-order valence-electron chi connectivity index (χ1n) is 4.51. The SMILES string of the molecule is CC(C)(C)Oc1ccc(Br)cc1C(=O)O. The summed E-state index contributed by atoms with van der Waals surface area (Å²) in [6.45, 7) is 5.63. The number of rotatable bonds is 2. The van der Waals surface area contributed by atoms with Crippen LogP contribution >= 0.6 is 15.9 Å². The highest BCUT2D eigenvalue weighted by atomic mass is 79.9. The number of halogens is 1. The second-order valence-electron chi connectivity index (χ2n) is 4.16. The van der Waals surface area contributed by atoms with E-state index < -0.39 is 11.6 Å². The summed E-state index contributed by atoms with van der Waals surface area (Å²) in [4.78, 5) is 11.0. The summed E-state index contributed by atoms with van der Waals surface area (Å²) < 4.78 is 6.27. The predicted molar refractivity (Wildman–Crippen MR) is 61.5 cm³/mol. The lowest BCUT2D eigenvalue weighted by Crippen LogP contribution is -2.24. The Morgan fingerprint density at radius 1 is 1.40 bits per heavy atom. The maximum absolute atomic E-state index is 11.0. The summed E-state index contributed by atoms with van der Waals surface area (Å²) in [5, 5.41) is 8.99. The first-order valence-corrected chi connectivity index (χ1v) is 5.31. The highest BCUT2D eigenvalue weighted by molar-refractivity contribution is 9.10. The molecule has 0 saturated carbocycles. The van der Waals surface area contributed by atoms with Crippen LogP contribution in [0.25, 0.3) is 0 Å². The van der Waals surface area contributed by atoms with Crippen molar-refractivity contribution in [3.8, 4) is 5.75 Å². The van der Waals surface area contributed by atoms with Gasteiger partial charge in [0.25, 0.3) is 0 Å². The van der Waals surface area contributed by atoms with E-state index in [1.807, 2.05) is 20.8 Å². The average molecular weight is 273 g/mol. The Hall–Kier alpha value is -1.03. The molecule has 1 aromatic rings. The Morgan fingerprint density at radius 2 is 2.00 bits per heavy atom. The quantitative estimate of drug-likeness (QED) is 0.899. The third kappa shape index (κ3) is 3.55. The van der Waals surface area contributed by atoms with Gasteiger partial charge < -0.3 is 9.84 Å².